The normalized spacial score (nSPS) is 14.3. The molecule has 0 aliphatic rings. The van der Waals surface area contributed by atoms with E-state index in [0.717, 1.165) is 17.7 Å². The van der Waals surface area contributed by atoms with Crippen molar-refractivity contribution in [2.45, 2.75) is 36.8 Å². The lowest BCUT2D eigenvalue weighted by Gasteiger charge is -2.19. The van der Waals surface area contributed by atoms with Crippen LogP contribution >= 0.6 is 11.8 Å². The van der Waals surface area contributed by atoms with Gasteiger partial charge in [0.1, 0.15) is 11.1 Å². The Morgan fingerprint density at radius 1 is 1.41 bits per heavy atom. The van der Waals surface area contributed by atoms with Gasteiger partial charge in [0.25, 0.3) is 0 Å². The Morgan fingerprint density at radius 3 is 2.47 bits per heavy atom. The molecular weight excluding hydrogens is 239 g/mol. The maximum Gasteiger partial charge on any atom is 0.317 e. The van der Waals surface area contributed by atoms with Gasteiger partial charge in [-0.2, -0.15) is 0 Å². The summed E-state index contributed by atoms with van der Waals surface area (Å²) in [5.74, 6) is -1.00. The molecule has 1 N–H and O–H groups in total. The molecule has 94 valence electrons. The van der Waals surface area contributed by atoms with Crippen LogP contribution in [0.1, 0.15) is 26.7 Å². The minimum Gasteiger partial charge on any atom is -0.480 e. The summed E-state index contributed by atoms with van der Waals surface area (Å²) in [5, 5.41) is 8.72. The zero-order valence-corrected chi connectivity index (χ0v) is 10.8. The number of carboxylic acid groups (broad SMARTS) is 1. The molecule has 2 unspecified atom stereocenters. The average Bonchev–Trinajstić information content (AvgIpc) is 2.28. The van der Waals surface area contributed by atoms with E-state index in [1.165, 1.54) is 23.9 Å². The lowest BCUT2D eigenvalue weighted by atomic mass is 10.0. The van der Waals surface area contributed by atoms with Gasteiger partial charge in [-0.3, -0.25) is 4.79 Å². The second kappa shape index (κ2) is 6.64. The van der Waals surface area contributed by atoms with Gasteiger partial charge in [0.2, 0.25) is 0 Å². The molecule has 1 aromatic carbocycles. The van der Waals surface area contributed by atoms with Gasteiger partial charge in [-0.15, -0.1) is 11.8 Å². The minimum atomic E-state index is -0.805. The number of benzene rings is 1. The molecule has 1 aromatic rings. The second-order valence-electron chi connectivity index (χ2n) is 4.10. The molecule has 0 aliphatic heterocycles. The highest BCUT2D eigenvalue weighted by molar-refractivity contribution is 8.00. The molecule has 0 saturated heterocycles. The van der Waals surface area contributed by atoms with Crippen LogP contribution in [0.5, 0.6) is 0 Å². The monoisotopic (exact) mass is 256 g/mol. The smallest absolute Gasteiger partial charge is 0.317 e. The number of aliphatic carboxylic acids is 1. The fourth-order valence-electron chi connectivity index (χ4n) is 1.68. The van der Waals surface area contributed by atoms with Gasteiger partial charge in [-0.25, -0.2) is 4.39 Å². The molecule has 0 radical (unpaired) electrons. The van der Waals surface area contributed by atoms with Crippen LogP contribution in [0.15, 0.2) is 29.2 Å². The van der Waals surface area contributed by atoms with Crippen LogP contribution in [-0.2, 0) is 4.79 Å². The van der Waals surface area contributed by atoms with Crippen molar-refractivity contribution in [1.82, 2.24) is 0 Å². The van der Waals surface area contributed by atoms with E-state index in [4.69, 9.17) is 0 Å². The van der Waals surface area contributed by atoms with Crippen molar-refractivity contribution in [2.24, 2.45) is 5.92 Å². The van der Waals surface area contributed by atoms with Crippen molar-refractivity contribution in [1.29, 1.82) is 0 Å². The van der Waals surface area contributed by atoms with E-state index in [9.17, 15) is 14.3 Å². The van der Waals surface area contributed by atoms with Gasteiger partial charge in [0.05, 0.1) is 0 Å². The summed E-state index contributed by atoms with van der Waals surface area (Å²) in [4.78, 5) is 12.0. The standard InChI is InChI=1S/C13H17FO2S/c1-3-4-9(2)12(13(15)16)17-11-7-5-10(14)6-8-11/h5-9,12H,3-4H2,1-2H3,(H,15,16). The molecule has 0 spiro atoms. The van der Waals surface area contributed by atoms with Crippen molar-refractivity contribution in [3.63, 3.8) is 0 Å². The summed E-state index contributed by atoms with van der Waals surface area (Å²) in [6, 6.07) is 5.95. The summed E-state index contributed by atoms with van der Waals surface area (Å²) < 4.78 is 12.7. The Morgan fingerprint density at radius 2 is 2.00 bits per heavy atom. The molecule has 0 fully saturated rings. The van der Waals surface area contributed by atoms with E-state index >= 15 is 0 Å². The number of rotatable bonds is 6. The number of hydrogen-bond acceptors (Lipinski definition) is 2. The molecule has 2 nitrogen and oxygen atoms in total. The molecular formula is C13H17FO2S. The third-order valence-corrected chi connectivity index (χ3v) is 4.05. The van der Waals surface area contributed by atoms with Crippen molar-refractivity contribution < 1.29 is 14.3 Å². The third kappa shape index (κ3) is 4.38. The van der Waals surface area contributed by atoms with Gasteiger partial charge in [0, 0.05) is 4.90 Å². The molecule has 0 aromatic heterocycles. The molecule has 0 aliphatic carbocycles. The summed E-state index contributed by atoms with van der Waals surface area (Å²) in [6.07, 6.45) is 1.85. The molecule has 17 heavy (non-hydrogen) atoms. The topological polar surface area (TPSA) is 37.3 Å². The first-order valence-electron chi connectivity index (χ1n) is 5.69. The maximum absolute atomic E-state index is 12.7. The number of carbonyl (C=O) groups is 1. The van der Waals surface area contributed by atoms with Gasteiger partial charge in [-0.05, 0) is 36.6 Å². The fraction of sp³-hybridized carbons (Fsp3) is 0.462. The predicted molar refractivity (Wildman–Crippen MR) is 67.8 cm³/mol. The molecule has 1 rings (SSSR count). The summed E-state index contributed by atoms with van der Waals surface area (Å²) in [6.45, 7) is 3.98. The lowest BCUT2D eigenvalue weighted by molar-refractivity contribution is -0.137. The van der Waals surface area contributed by atoms with Crippen molar-refractivity contribution >= 4 is 17.7 Å². The zero-order valence-electron chi connectivity index (χ0n) is 10.0. The predicted octanol–water partition coefficient (Wildman–Crippen LogP) is 3.81. The molecule has 0 heterocycles. The number of halogens is 1. The minimum absolute atomic E-state index is 0.104. The van der Waals surface area contributed by atoms with Gasteiger partial charge in [-0.1, -0.05) is 20.3 Å². The molecule has 4 heteroatoms. The second-order valence-corrected chi connectivity index (χ2v) is 5.31. The van der Waals surface area contributed by atoms with Crippen LogP contribution < -0.4 is 0 Å². The van der Waals surface area contributed by atoms with Crippen LogP contribution in [0, 0.1) is 11.7 Å². The third-order valence-electron chi connectivity index (χ3n) is 2.58. The van der Waals surface area contributed by atoms with Crippen LogP contribution in [0.25, 0.3) is 0 Å². The highest BCUT2D eigenvalue weighted by Gasteiger charge is 2.25. The number of carboxylic acids is 1. The van der Waals surface area contributed by atoms with Crippen molar-refractivity contribution in [2.75, 3.05) is 0 Å². The van der Waals surface area contributed by atoms with E-state index in [0.29, 0.717) is 0 Å². The van der Waals surface area contributed by atoms with Gasteiger partial charge in [0.15, 0.2) is 0 Å². The van der Waals surface area contributed by atoms with E-state index < -0.39 is 11.2 Å². The number of thioether (sulfide) groups is 1. The average molecular weight is 256 g/mol. The molecule has 2 atom stereocenters. The fourth-order valence-corrected chi connectivity index (χ4v) is 2.73. The Balaban J connectivity index is 2.73. The first-order chi connectivity index (χ1) is 8.04. The summed E-state index contributed by atoms with van der Waals surface area (Å²) in [7, 11) is 0. The highest BCUT2D eigenvalue weighted by Crippen LogP contribution is 2.30. The lowest BCUT2D eigenvalue weighted by Crippen LogP contribution is -2.24. The SMILES string of the molecule is CCCC(C)C(Sc1ccc(F)cc1)C(=O)O. The van der Waals surface area contributed by atoms with Gasteiger partial charge < -0.3 is 5.11 Å². The first-order valence-corrected chi connectivity index (χ1v) is 6.57. The molecule has 0 amide bonds. The first kappa shape index (κ1) is 14.0. The Kier molecular flexibility index (Phi) is 5.48. The van der Waals surface area contributed by atoms with E-state index in [2.05, 4.69) is 0 Å². The van der Waals surface area contributed by atoms with E-state index in [1.807, 2.05) is 13.8 Å². The van der Waals surface area contributed by atoms with Crippen LogP contribution in [0.3, 0.4) is 0 Å². The van der Waals surface area contributed by atoms with Crippen molar-refractivity contribution in [3.8, 4) is 0 Å². The van der Waals surface area contributed by atoms with Gasteiger partial charge >= 0.3 is 5.97 Å². The quantitative estimate of drug-likeness (QED) is 0.786. The largest absolute Gasteiger partial charge is 0.480 e. The summed E-state index contributed by atoms with van der Waals surface area (Å²) in [5.41, 5.74) is 0. The van der Waals surface area contributed by atoms with E-state index in [-0.39, 0.29) is 11.7 Å². The van der Waals surface area contributed by atoms with Crippen LogP contribution in [0.2, 0.25) is 0 Å². The Bertz CT molecular complexity index is 364. The Hall–Kier alpha value is -1.03. The zero-order chi connectivity index (χ0) is 12.8. The van der Waals surface area contributed by atoms with Crippen LogP contribution in [-0.4, -0.2) is 16.3 Å². The molecule has 0 bridgehead atoms. The summed E-state index contributed by atoms with van der Waals surface area (Å²) >= 11 is 1.29. The Labute approximate surface area is 105 Å². The van der Waals surface area contributed by atoms with Crippen molar-refractivity contribution in [3.05, 3.63) is 30.1 Å². The maximum atomic E-state index is 12.7. The highest BCUT2D eigenvalue weighted by atomic mass is 32.2. The molecule has 0 saturated carbocycles. The number of hydrogen-bond donors (Lipinski definition) is 1. The van der Waals surface area contributed by atoms with E-state index in [1.54, 1.807) is 12.1 Å². The van der Waals surface area contributed by atoms with Crippen LogP contribution in [0.4, 0.5) is 4.39 Å².